The lowest BCUT2D eigenvalue weighted by molar-refractivity contribution is 0.119. The summed E-state index contributed by atoms with van der Waals surface area (Å²) in [5, 5.41) is 22.7. The van der Waals surface area contributed by atoms with Gasteiger partial charge in [0.2, 0.25) is 0 Å². The van der Waals surface area contributed by atoms with Gasteiger partial charge < -0.3 is 5.11 Å². The number of hydrogen-bond acceptors (Lipinski definition) is 2. The fraction of sp³-hybridized carbons (Fsp3) is 0.462. The first-order chi connectivity index (χ1) is 7.78. The first-order valence-electron chi connectivity index (χ1n) is 5.67. The Hall–Kier alpha value is -1.53. The van der Waals surface area contributed by atoms with Gasteiger partial charge in [-0.25, -0.2) is 0 Å². The highest BCUT2D eigenvalue weighted by molar-refractivity contribution is 5.42. The van der Waals surface area contributed by atoms with E-state index >= 15 is 0 Å². The highest BCUT2D eigenvalue weighted by Gasteiger charge is 2.20. The Morgan fingerprint density at radius 3 is 2.31 bits per heavy atom. The molecule has 3 heteroatoms. The Bertz CT molecular complexity index is 372. The third-order valence-corrected chi connectivity index (χ3v) is 2.99. The van der Waals surface area contributed by atoms with Crippen molar-refractivity contribution in [1.82, 2.24) is 5.32 Å². The van der Waals surface area contributed by atoms with Gasteiger partial charge >= 0.3 is 0 Å². The van der Waals surface area contributed by atoms with Gasteiger partial charge in [-0.15, -0.1) is 0 Å². The number of nitriles is 1. The summed E-state index contributed by atoms with van der Waals surface area (Å²) in [6, 6.07) is 9.75. The normalized spacial score (nSPS) is 24.8. The Kier molecular flexibility index (Phi) is 3.43. The molecule has 1 aliphatic rings. The number of rotatable bonds is 2. The van der Waals surface area contributed by atoms with Crippen molar-refractivity contribution in [2.75, 3.05) is 0 Å². The topological polar surface area (TPSA) is 58.1 Å². The Balaban J connectivity index is 1.91. The van der Waals surface area contributed by atoms with Gasteiger partial charge in [0, 0.05) is 0 Å². The van der Waals surface area contributed by atoms with E-state index in [4.69, 9.17) is 5.26 Å². The molecule has 0 amide bonds. The van der Waals surface area contributed by atoms with Gasteiger partial charge in [0.25, 0.3) is 0 Å². The lowest BCUT2D eigenvalue weighted by atomic mass is 9.93. The predicted molar refractivity (Wildman–Crippen MR) is 61.2 cm³/mol. The quantitative estimate of drug-likeness (QED) is 0.821. The second-order valence-electron chi connectivity index (χ2n) is 4.25. The van der Waals surface area contributed by atoms with E-state index in [0.29, 0.717) is 11.6 Å². The molecule has 0 saturated heterocycles. The van der Waals surface area contributed by atoms with Crippen LogP contribution >= 0.6 is 0 Å². The lowest BCUT2D eigenvalue weighted by Crippen LogP contribution is -2.27. The average molecular weight is 215 g/mol. The average Bonchev–Trinajstić information content (AvgIpc) is 2.33. The van der Waals surface area contributed by atoms with Gasteiger partial charge in [-0.2, -0.15) is 5.26 Å². The fourth-order valence-electron chi connectivity index (χ4n) is 2.02. The summed E-state index contributed by atoms with van der Waals surface area (Å²) < 4.78 is 0. The molecule has 1 saturated carbocycles. The highest BCUT2D eigenvalue weighted by atomic mass is 16.3. The third kappa shape index (κ3) is 2.74. The van der Waals surface area contributed by atoms with Crippen molar-refractivity contribution in [3.63, 3.8) is 0 Å². The largest absolute Gasteiger partial charge is 0.393 e. The van der Waals surface area contributed by atoms with E-state index in [1.807, 2.05) is 12.1 Å². The molecule has 1 aromatic rings. The zero-order valence-corrected chi connectivity index (χ0v) is 9.13. The summed E-state index contributed by atoms with van der Waals surface area (Å²) in [4.78, 5) is 0. The molecule has 0 atom stereocenters. The molecule has 0 unspecified atom stereocenters. The van der Waals surface area contributed by atoms with Crippen molar-refractivity contribution in [2.45, 2.75) is 37.8 Å². The van der Waals surface area contributed by atoms with E-state index < -0.39 is 0 Å². The van der Waals surface area contributed by atoms with E-state index in [2.05, 4.69) is 11.4 Å². The van der Waals surface area contributed by atoms with E-state index in [-0.39, 0.29) is 6.10 Å². The third-order valence-electron chi connectivity index (χ3n) is 2.99. The van der Waals surface area contributed by atoms with E-state index in [9.17, 15) is 5.11 Å². The molecule has 0 bridgehead atoms. The predicted octanol–water partition coefficient (Wildman–Crippen LogP) is 2.10. The zero-order chi connectivity index (χ0) is 11.4. The maximum Gasteiger partial charge on any atom is 0.0991 e. The Morgan fingerprint density at radius 2 is 1.75 bits per heavy atom. The fourth-order valence-corrected chi connectivity index (χ4v) is 2.02. The minimum Gasteiger partial charge on any atom is -0.393 e. The number of aliphatic hydroxyl groups is 1. The lowest BCUT2D eigenvalue weighted by Gasteiger charge is -2.25. The van der Waals surface area contributed by atoms with Gasteiger partial charge in [0.05, 0.1) is 29.5 Å². The highest BCUT2D eigenvalue weighted by Crippen LogP contribution is 2.22. The van der Waals surface area contributed by atoms with Crippen LogP contribution in [0.5, 0.6) is 0 Å². The van der Waals surface area contributed by atoms with Crippen LogP contribution in [0.4, 0.5) is 5.69 Å². The van der Waals surface area contributed by atoms with Crippen molar-refractivity contribution in [3.8, 4) is 6.07 Å². The van der Waals surface area contributed by atoms with Crippen LogP contribution in [0.25, 0.3) is 0 Å². The van der Waals surface area contributed by atoms with Crippen LogP contribution in [0.2, 0.25) is 0 Å². The van der Waals surface area contributed by atoms with E-state index in [1.165, 1.54) is 0 Å². The molecule has 0 aliphatic heterocycles. The summed E-state index contributed by atoms with van der Waals surface area (Å²) >= 11 is 0. The number of hydrogen-bond donors (Lipinski definition) is 1. The second kappa shape index (κ2) is 5.00. The number of nitrogens with zero attached hydrogens (tertiary/aromatic N) is 2. The molecule has 1 N–H and O–H groups in total. The Morgan fingerprint density at radius 1 is 1.12 bits per heavy atom. The van der Waals surface area contributed by atoms with Crippen LogP contribution in [0.15, 0.2) is 24.3 Å². The summed E-state index contributed by atoms with van der Waals surface area (Å²) in [6.45, 7) is 0. The van der Waals surface area contributed by atoms with Gasteiger partial charge in [0.15, 0.2) is 0 Å². The van der Waals surface area contributed by atoms with Gasteiger partial charge in [-0.3, -0.25) is 5.32 Å². The summed E-state index contributed by atoms with van der Waals surface area (Å²) in [5.41, 5.74) is 1.60. The van der Waals surface area contributed by atoms with Gasteiger partial charge in [-0.1, -0.05) is 0 Å². The molecule has 3 nitrogen and oxygen atoms in total. The van der Waals surface area contributed by atoms with Crippen LogP contribution in [0.3, 0.4) is 0 Å². The van der Waals surface area contributed by atoms with Crippen molar-refractivity contribution < 1.29 is 5.11 Å². The van der Waals surface area contributed by atoms with Crippen LogP contribution in [0, 0.1) is 11.3 Å². The molecular formula is C13H15N2O. The van der Waals surface area contributed by atoms with Crippen molar-refractivity contribution in [2.24, 2.45) is 0 Å². The number of benzene rings is 1. The van der Waals surface area contributed by atoms with E-state index in [1.54, 1.807) is 12.1 Å². The monoisotopic (exact) mass is 215 g/mol. The van der Waals surface area contributed by atoms with Crippen molar-refractivity contribution in [3.05, 3.63) is 29.8 Å². The first-order valence-corrected chi connectivity index (χ1v) is 5.67. The molecule has 16 heavy (non-hydrogen) atoms. The molecule has 1 fully saturated rings. The second-order valence-corrected chi connectivity index (χ2v) is 4.25. The van der Waals surface area contributed by atoms with E-state index in [0.717, 1.165) is 31.4 Å². The standard InChI is InChI=1S/C13H15N2O/c14-9-10-1-3-11(4-2-10)15-12-5-7-13(16)8-6-12/h1-4,12-13,16H,5-8H2/t12-,13-. The molecule has 1 radical (unpaired) electrons. The summed E-state index contributed by atoms with van der Waals surface area (Å²) in [7, 11) is 0. The molecule has 0 heterocycles. The zero-order valence-electron chi connectivity index (χ0n) is 9.13. The summed E-state index contributed by atoms with van der Waals surface area (Å²) in [5.74, 6) is 0. The van der Waals surface area contributed by atoms with Crippen LogP contribution in [-0.4, -0.2) is 17.3 Å². The smallest absolute Gasteiger partial charge is 0.0991 e. The SMILES string of the molecule is N#Cc1ccc([N][C@H]2CC[C@H](O)CC2)cc1. The maximum atomic E-state index is 9.38. The van der Waals surface area contributed by atoms with Crippen LogP contribution < -0.4 is 5.32 Å². The molecule has 1 aliphatic carbocycles. The van der Waals surface area contributed by atoms with Crippen molar-refractivity contribution in [1.29, 1.82) is 5.26 Å². The first kappa shape index (κ1) is 11.0. The van der Waals surface area contributed by atoms with Gasteiger partial charge in [0.1, 0.15) is 0 Å². The maximum absolute atomic E-state index is 9.38. The van der Waals surface area contributed by atoms with Gasteiger partial charge in [-0.05, 0) is 49.9 Å². The molecule has 83 valence electrons. The molecule has 2 rings (SSSR count). The molecular weight excluding hydrogens is 200 g/mol. The minimum atomic E-state index is -0.132. The van der Waals surface area contributed by atoms with Crippen molar-refractivity contribution >= 4 is 5.69 Å². The molecule has 1 aromatic carbocycles. The summed E-state index contributed by atoms with van der Waals surface area (Å²) in [6.07, 6.45) is 3.49. The van der Waals surface area contributed by atoms with Crippen LogP contribution in [0.1, 0.15) is 31.2 Å². The molecule has 0 aromatic heterocycles. The molecule has 0 spiro atoms. The Labute approximate surface area is 95.7 Å². The number of aliphatic hydroxyl groups excluding tert-OH is 1. The minimum absolute atomic E-state index is 0.132. The van der Waals surface area contributed by atoms with Crippen LogP contribution in [-0.2, 0) is 0 Å².